The Morgan fingerprint density at radius 1 is 0.812 bits per heavy atom. The third kappa shape index (κ3) is 5.07. The lowest BCUT2D eigenvalue weighted by atomic mass is 9.95. The van der Waals surface area contributed by atoms with Crippen molar-refractivity contribution in [1.29, 1.82) is 0 Å². The van der Waals surface area contributed by atoms with Gasteiger partial charge < -0.3 is 16.0 Å². The van der Waals surface area contributed by atoms with Crippen molar-refractivity contribution >= 4 is 17.3 Å². The molecule has 1 aliphatic carbocycles. The van der Waals surface area contributed by atoms with Gasteiger partial charge in [-0.2, -0.15) is 0 Å². The lowest BCUT2D eigenvalue weighted by molar-refractivity contribution is 0.0951. The molecule has 0 aromatic heterocycles. The van der Waals surface area contributed by atoms with Crippen LogP contribution in [0.3, 0.4) is 0 Å². The van der Waals surface area contributed by atoms with Crippen LogP contribution in [0.4, 0.5) is 11.4 Å². The van der Waals surface area contributed by atoms with E-state index >= 15 is 0 Å². The van der Waals surface area contributed by atoms with E-state index in [9.17, 15) is 14.4 Å². The van der Waals surface area contributed by atoms with Crippen molar-refractivity contribution < 1.29 is 4.79 Å². The number of benzene rings is 2. The van der Waals surface area contributed by atoms with Gasteiger partial charge in [0.15, 0.2) is 0 Å². The first-order valence-electron chi connectivity index (χ1n) is 11.3. The number of anilines is 2. The number of carbonyl (C=O) groups is 1. The van der Waals surface area contributed by atoms with Gasteiger partial charge in [-0.1, -0.05) is 61.2 Å². The summed E-state index contributed by atoms with van der Waals surface area (Å²) in [6.07, 6.45) is 5.61. The van der Waals surface area contributed by atoms with Gasteiger partial charge in [-0.15, -0.1) is 0 Å². The Labute approximate surface area is 187 Å². The Morgan fingerprint density at radius 3 is 2.09 bits per heavy atom. The van der Waals surface area contributed by atoms with Gasteiger partial charge in [0.1, 0.15) is 11.4 Å². The zero-order chi connectivity index (χ0) is 22.5. The molecule has 0 radical (unpaired) electrons. The maximum atomic E-state index is 12.4. The standard InChI is InChI=1S/C26H29N3O3/c1-17-7-9-18(10-8-17)16-28-26(32)20-13-11-19(12-14-20)15-27-22-23(25(31)24(22)30)29-21-5-3-2-4-6-21/h7-14,21,27,29H,2-6,15-16H2,1H3,(H,28,32). The van der Waals surface area contributed by atoms with Crippen LogP contribution in [-0.2, 0) is 13.1 Å². The zero-order valence-electron chi connectivity index (χ0n) is 18.4. The topological polar surface area (TPSA) is 87.3 Å². The summed E-state index contributed by atoms with van der Waals surface area (Å²) < 4.78 is 0. The SMILES string of the molecule is Cc1ccc(CNC(=O)c2ccc(CNc3c(NC4CCCCC4)c(=O)c3=O)cc2)cc1. The molecule has 32 heavy (non-hydrogen) atoms. The van der Waals surface area contributed by atoms with Crippen molar-refractivity contribution in [1.82, 2.24) is 5.32 Å². The predicted molar refractivity (Wildman–Crippen MR) is 128 cm³/mol. The molecule has 6 nitrogen and oxygen atoms in total. The molecule has 0 heterocycles. The number of nitrogens with one attached hydrogen (secondary N) is 3. The minimum Gasteiger partial charge on any atom is -0.377 e. The van der Waals surface area contributed by atoms with E-state index in [0.717, 1.165) is 36.8 Å². The monoisotopic (exact) mass is 431 g/mol. The molecule has 0 bridgehead atoms. The Bertz CT molecular complexity index is 1140. The normalized spacial score (nSPS) is 14.3. The molecule has 0 unspecified atom stereocenters. The van der Waals surface area contributed by atoms with Crippen LogP contribution in [-0.4, -0.2) is 11.9 Å². The molecule has 1 aliphatic rings. The fourth-order valence-electron chi connectivity index (χ4n) is 4.10. The van der Waals surface area contributed by atoms with Crippen LogP contribution in [0.2, 0.25) is 0 Å². The summed E-state index contributed by atoms with van der Waals surface area (Å²) >= 11 is 0. The minimum atomic E-state index is -0.463. The summed E-state index contributed by atoms with van der Waals surface area (Å²) in [5.74, 6) is -0.133. The largest absolute Gasteiger partial charge is 0.377 e. The maximum absolute atomic E-state index is 12.4. The van der Waals surface area contributed by atoms with E-state index in [-0.39, 0.29) is 11.9 Å². The van der Waals surface area contributed by atoms with Crippen LogP contribution >= 0.6 is 0 Å². The average Bonchev–Trinajstić information content (AvgIpc) is 2.83. The van der Waals surface area contributed by atoms with Crippen molar-refractivity contribution in [2.24, 2.45) is 0 Å². The molecule has 1 fully saturated rings. The minimum absolute atomic E-state index is 0.133. The molecule has 1 amide bonds. The van der Waals surface area contributed by atoms with Gasteiger partial charge in [-0.3, -0.25) is 14.4 Å². The van der Waals surface area contributed by atoms with E-state index in [4.69, 9.17) is 0 Å². The molecule has 0 spiro atoms. The van der Waals surface area contributed by atoms with Crippen molar-refractivity contribution in [3.05, 3.63) is 91.2 Å². The number of carbonyl (C=O) groups excluding carboxylic acids is 1. The van der Waals surface area contributed by atoms with Crippen molar-refractivity contribution in [2.75, 3.05) is 10.6 Å². The summed E-state index contributed by atoms with van der Waals surface area (Å²) in [7, 11) is 0. The Kier molecular flexibility index (Phi) is 6.69. The highest BCUT2D eigenvalue weighted by molar-refractivity contribution is 5.94. The van der Waals surface area contributed by atoms with Crippen LogP contribution in [0.15, 0.2) is 58.1 Å². The molecule has 166 valence electrons. The van der Waals surface area contributed by atoms with Crippen molar-refractivity contribution in [3.63, 3.8) is 0 Å². The first-order valence-corrected chi connectivity index (χ1v) is 11.3. The van der Waals surface area contributed by atoms with Gasteiger partial charge in [-0.05, 0) is 43.0 Å². The second kappa shape index (κ2) is 9.81. The number of rotatable bonds is 8. The summed E-state index contributed by atoms with van der Waals surface area (Å²) in [6, 6.07) is 15.6. The van der Waals surface area contributed by atoms with Gasteiger partial charge in [0, 0.05) is 24.7 Å². The summed E-state index contributed by atoms with van der Waals surface area (Å²) in [4.78, 5) is 36.4. The highest BCUT2D eigenvalue weighted by atomic mass is 16.2. The molecular weight excluding hydrogens is 402 g/mol. The van der Waals surface area contributed by atoms with E-state index in [0.29, 0.717) is 30.0 Å². The fraction of sp³-hybridized carbons (Fsp3) is 0.346. The van der Waals surface area contributed by atoms with Crippen LogP contribution in [0.1, 0.15) is 59.2 Å². The number of hydrogen-bond donors (Lipinski definition) is 3. The highest BCUT2D eigenvalue weighted by Gasteiger charge is 2.24. The smallest absolute Gasteiger partial charge is 0.253 e. The predicted octanol–water partition coefficient (Wildman–Crippen LogP) is 3.88. The fourth-order valence-corrected chi connectivity index (χ4v) is 4.10. The Hall–Kier alpha value is -3.41. The molecule has 6 heteroatoms. The molecule has 1 saturated carbocycles. The molecule has 0 saturated heterocycles. The Morgan fingerprint density at radius 2 is 1.41 bits per heavy atom. The molecule has 0 aliphatic heterocycles. The van der Waals surface area contributed by atoms with E-state index < -0.39 is 10.9 Å². The average molecular weight is 432 g/mol. The highest BCUT2D eigenvalue weighted by Crippen LogP contribution is 2.24. The third-order valence-electron chi connectivity index (χ3n) is 6.12. The second-order valence-corrected chi connectivity index (χ2v) is 8.61. The van der Waals surface area contributed by atoms with E-state index in [2.05, 4.69) is 16.0 Å². The lowest BCUT2D eigenvalue weighted by Gasteiger charge is -2.25. The van der Waals surface area contributed by atoms with E-state index in [1.54, 1.807) is 12.1 Å². The maximum Gasteiger partial charge on any atom is 0.253 e. The zero-order valence-corrected chi connectivity index (χ0v) is 18.4. The van der Waals surface area contributed by atoms with Gasteiger partial charge in [0.2, 0.25) is 0 Å². The summed E-state index contributed by atoms with van der Waals surface area (Å²) in [5, 5.41) is 9.30. The third-order valence-corrected chi connectivity index (χ3v) is 6.12. The summed E-state index contributed by atoms with van der Waals surface area (Å²) in [6.45, 7) is 2.92. The van der Waals surface area contributed by atoms with Crippen LogP contribution < -0.4 is 26.8 Å². The van der Waals surface area contributed by atoms with Gasteiger partial charge in [0.25, 0.3) is 16.8 Å². The van der Waals surface area contributed by atoms with Gasteiger partial charge in [0.05, 0.1) is 0 Å². The number of hydrogen-bond acceptors (Lipinski definition) is 5. The number of aryl methyl sites for hydroxylation is 1. The number of amides is 1. The first kappa shape index (κ1) is 21.8. The van der Waals surface area contributed by atoms with Gasteiger partial charge in [-0.25, -0.2) is 0 Å². The molecule has 4 rings (SSSR count). The van der Waals surface area contributed by atoms with Crippen LogP contribution in [0.25, 0.3) is 0 Å². The van der Waals surface area contributed by atoms with E-state index in [1.165, 1.54) is 12.0 Å². The second-order valence-electron chi connectivity index (χ2n) is 8.61. The van der Waals surface area contributed by atoms with Gasteiger partial charge >= 0.3 is 0 Å². The van der Waals surface area contributed by atoms with Crippen LogP contribution in [0.5, 0.6) is 0 Å². The summed E-state index contributed by atoms with van der Waals surface area (Å²) in [5.41, 5.74) is 3.65. The molecular formula is C26H29N3O3. The van der Waals surface area contributed by atoms with Crippen LogP contribution in [0, 0.1) is 6.92 Å². The molecule has 3 N–H and O–H groups in total. The molecule has 0 atom stereocenters. The quantitative estimate of drug-likeness (QED) is 0.471. The van der Waals surface area contributed by atoms with E-state index in [1.807, 2.05) is 43.3 Å². The van der Waals surface area contributed by atoms with Crippen molar-refractivity contribution in [3.8, 4) is 0 Å². The molecule has 3 aromatic rings. The Balaban J connectivity index is 1.31. The van der Waals surface area contributed by atoms with Crippen molar-refractivity contribution in [2.45, 2.75) is 58.2 Å². The first-order chi connectivity index (χ1) is 15.5. The molecule has 3 aromatic carbocycles. The lowest BCUT2D eigenvalue weighted by Crippen LogP contribution is -2.40.